The van der Waals surface area contributed by atoms with Gasteiger partial charge >= 0.3 is 0 Å². The predicted molar refractivity (Wildman–Crippen MR) is 53.7 cm³/mol. The molecular formula is C11H20O2. The van der Waals surface area contributed by atoms with E-state index in [1.807, 2.05) is 6.08 Å². The lowest BCUT2D eigenvalue weighted by atomic mass is 10.1. The highest BCUT2D eigenvalue weighted by Crippen LogP contribution is 2.17. The summed E-state index contributed by atoms with van der Waals surface area (Å²) >= 11 is 0. The van der Waals surface area contributed by atoms with E-state index < -0.39 is 0 Å². The molecule has 2 heteroatoms. The van der Waals surface area contributed by atoms with Gasteiger partial charge in [0.15, 0.2) is 0 Å². The number of hydrogen-bond donors (Lipinski definition) is 1. The zero-order chi connectivity index (χ0) is 9.52. The minimum absolute atomic E-state index is 0.234. The summed E-state index contributed by atoms with van der Waals surface area (Å²) in [6, 6.07) is 0. The first-order valence-corrected chi connectivity index (χ1v) is 5.28. The third kappa shape index (κ3) is 4.44. The molecule has 1 aliphatic carbocycles. The van der Waals surface area contributed by atoms with Crippen molar-refractivity contribution < 1.29 is 9.84 Å². The summed E-state index contributed by atoms with van der Waals surface area (Å²) in [5, 5.41) is 9.48. The van der Waals surface area contributed by atoms with Crippen molar-refractivity contribution in [2.24, 2.45) is 0 Å². The lowest BCUT2D eigenvalue weighted by Gasteiger charge is -2.06. The second-order valence-electron chi connectivity index (χ2n) is 3.69. The third-order valence-corrected chi connectivity index (χ3v) is 2.31. The van der Waals surface area contributed by atoms with E-state index in [1.54, 1.807) is 0 Å². The first-order valence-electron chi connectivity index (χ1n) is 5.28. The van der Waals surface area contributed by atoms with Crippen molar-refractivity contribution in [2.45, 2.75) is 45.1 Å². The molecule has 0 heterocycles. The SMILES string of the molecule is CCCOCC1=CC(O)CCCC1. The van der Waals surface area contributed by atoms with Gasteiger partial charge in [-0.3, -0.25) is 0 Å². The van der Waals surface area contributed by atoms with Crippen LogP contribution >= 0.6 is 0 Å². The van der Waals surface area contributed by atoms with Crippen LogP contribution in [-0.2, 0) is 4.74 Å². The number of hydrogen-bond acceptors (Lipinski definition) is 2. The topological polar surface area (TPSA) is 29.5 Å². The highest BCUT2D eigenvalue weighted by molar-refractivity contribution is 5.07. The Bertz CT molecular complexity index is 163. The summed E-state index contributed by atoms with van der Waals surface area (Å²) in [6.07, 6.45) is 7.15. The molecule has 0 saturated heterocycles. The van der Waals surface area contributed by atoms with Crippen molar-refractivity contribution in [2.75, 3.05) is 13.2 Å². The standard InChI is InChI=1S/C11H20O2/c1-2-7-13-9-10-5-3-4-6-11(12)8-10/h8,11-12H,2-7,9H2,1H3. The molecule has 0 amide bonds. The van der Waals surface area contributed by atoms with Crippen molar-refractivity contribution >= 4 is 0 Å². The fraction of sp³-hybridized carbons (Fsp3) is 0.818. The molecule has 1 rings (SSSR count). The Morgan fingerprint density at radius 3 is 3.15 bits per heavy atom. The van der Waals surface area contributed by atoms with Crippen molar-refractivity contribution in [3.8, 4) is 0 Å². The summed E-state index contributed by atoms with van der Waals surface area (Å²) < 4.78 is 5.45. The number of ether oxygens (including phenoxy) is 1. The monoisotopic (exact) mass is 184 g/mol. The van der Waals surface area contributed by atoms with Crippen LogP contribution in [0.5, 0.6) is 0 Å². The van der Waals surface area contributed by atoms with Crippen LogP contribution < -0.4 is 0 Å². The molecule has 76 valence electrons. The lowest BCUT2D eigenvalue weighted by molar-refractivity contribution is 0.153. The van der Waals surface area contributed by atoms with Gasteiger partial charge in [0.1, 0.15) is 0 Å². The summed E-state index contributed by atoms with van der Waals surface area (Å²) in [5.41, 5.74) is 1.28. The average molecular weight is 184 g/mol. The van der Waals surface area contributed by atoms with E-state index in [0.717, 1.165) is 32.3 Å². The third-order valence-electron chi connectivity index (χ3n) is 2.31. The average Bonchev–Trinajstić information content (AvgIpc) is 2.31. The number of aliphatic hydroxyl groups is 1. The molecule has 1 N–H and O–H groups in total. The van der Waals surface area contributed by atoms with Gasteiger partial charge in [-0.15, -0.1) is 0 Å². The molecule has 0 bridgehead atoms. The molecule has 0 aromatic heterocycles. The molecule has 0 radical (unpaired) electrons. The second-order valence-corrected chi connectivity index (χ2v) is 3.69. The second kappa shape index (κ2) is 6.17. The van der Waals surface area contributed by atoms with Gasteiger partial charge in [-0.05, 0) is 31.3 Å². The largest absolute Gasteiger partial charge is 0.389 e. The minimum atomic E-state index is -0.234. The van der Waals surface area contributed by atoms with Gasteiger partial charge in [0.2, 0.25) is 0 Å². The summed E-state index contributed by atoms with van der Waals surface area (Å²) in [6.45, 7) is 3.65. The molecular weight excluding hydrogens is 164 g/mol. The zero-order valence-electron chi connectivity index (χ0n) is 8.46. The van der Waals surface area contributed by atoms with Gasteiger partial charge in [-0.1, -0.05) is 19.4 Å². The fourth-order valence-corrected chi connectivity index (χ4v) is 1.61. The van der Waals surface area contributed by atoms with E-state index >= 15 is 0 Å². The van der Waals surface area contributed by atoms with Crippen molar-refractivity contribution in [1.82, 2.24) is 0 Å². The Hall–Kier alpha value is -0.340. The molecule has 1 atom stereocenters. The van der Waals surface area contributed by atoms with E-state index in [4.69, 9.17) is 4.74 Å². The normalized spacial score (nSPS) is 23.8. The zero-order valence-corrected chi connectivity index (χ0v) is 8.46. The van der Waals surface area contributed by atoms with Crippen LogP contribution in [0.25, 0.3) is 0 Å². The summed E-state index contributed by atoms with van der Waals surface area (Å²) in [7, 11) is 0. The van der Waals surface area contributed by atoms with Gasteiger partial charge in [-0.25, -0.2) is 0 Å². The van der Waals surface area contributed by atoms with Crippen LogP contribution in [0.3, 0.4) is 0 Å². The van der Waals surface area contributed by atoms with Crippen LogP contribution in [-0.4, -0.2) is 24.4 Å². The maximum absolute atomic E-state index is 9.48. The van der Waals surface area contributed by atoms with Crippen LogP contribution in [0.2, 0.25) is 0 Å². The highest BCUT2D eigenvalue weighted by atomic mass is 16.5. The smallest absolute Gasteiger partial charge is 0.0724 e. The Morgan fingerprint density at radius 2 is 2.38 bits per heavy atom. The summed E-state index contributed by atoms with van der Waals surface area (Å²) in [5.74, 6) is 0. The first kappa shape index (κ1) is 10.7. The predicted octanol–water partition coefficient (Wildman–Crippen LogP) is 2.27. The van der Waals surface area contributed by atoms with Crippen molar-refractivity contribution in [1.29, 1.82) is 0 Å². The molecule has 1 aliphatic rings. The number of rotatable bonds is 4. The quantitative estimate of drug-likeness (QED) is 0.536. The van der Waals surface area contributed by atoms with E-state index in [1.165, 1.54) is 12.0 Å². The molecule has 0 saturated carbocycles. The van der Waals surface area contributed by atoms with Crippen LogP contribution in [0, 0.1) is 0 Å². The molecule has 0 aromatic carbocycles. The van der Waals surface area contributed by atoms with Crippen LogP contribution in [0.15, 0.2) is 11.6 Å². The highest BCUT2D eigenvalue weighted by Gasteiger charge is 2.08. The molecule has 13 heavy (non-hydrogen) atoms. The Balaban J connectivity index is 2.28. The van der Waals surface area contributed by atoms with E-state index in [2.05, 4.69) is 6.92 Å². The van der Waals surface area contributed by atoms with Crippen LogP contribution in [0.1, 0.15) is 39.0 Å². The van der Waals surface area contributed by atoms with Gasteiger partial charge in [0.05, 0.1) is 12.7 Å². The number of aliphatic hydroxyl groups excluding tert-OH is 1. The Morgan fingerprint density at radius 1 is 1.54 bits per heavy atom. The maximum Gasteiger partial charge on any atom is 0.0724 e. The van der Waals surface area contributed by atoms with E-state index in [-0.39, 0.29) is 6.10 Å². The minimum Gasteiger partial charge on any atom is -0.389 e. The molecule has 0 aliphatic heterocycles. The molecule has 1 unspecified atom stereocenters. The van der Waals surface area contributed by atoms with Crippen molar-refractivity contribution in [3.05, 3.63) is 11.6 Å². The van der Waals surface area contributed by atoms with Gasteiger partial charge in [0, 0.05) is 6.61 Å². The Labute approximate surface area is 80.6 Å². The van der Waals surface area contributed by atoms with Gasteiger partial charge in [0.25, 0.3) is 0 Å². The molecule has 0 spiro atoms. The fourth-order valence-electron chi connectivity index (χ4n) is 1.61. The first-order chi connectivity index (χ1) is 6.33. The Kier molecular flexibility index (Phi) is 5.09. The molecule has 2 nitrogen and oxygen atoms in total. The maximum atomic E-state index is 9.48. The van der Waals surface area contributed by atoms with Crippen LogP contribution in [0.4, 0.5) is 0 Å². The van der Waals surface area contributed by atoms with Gasteiger partial charge in [-0.2, -0.15) is 0 Å². The molecule has 0 fully saturated rings. The molecule has 0 aromatic rings. The van der Waals surface area contributed by atoms with Crippen molar-refractivity contribution in [3.63, 3.8) is 0 Å². The summed E-state index contributed by atoms with van der Waals surface area (Å²) in [4.78, 5) is 0. The lowest BCUT2D eigenvalue weighted by Crippen LogP contribution is -2.03. The van der Waals surface area contributed by atoms with Gasteiger partial charge < -0.3 is 9.84 Å². The van der Waals surface area contributed by atoms with E-state index in [9.17, 15) is 5.11 Å². The van der Waals surface area contributed by atoms with E-state index in [0.29, 0.717) is 6.61 Å².